The number of fused-ring (bicyclic) bond motifs is 1. The molecule has 0 saturated heterocycles. The van der Waals surface area contributed by atoms with Crippen LogP contribution in [0.15, 0.2) is 30.3 Å². The summed E-state index contributed by atoms with van der Waals surface area (Å²) in [6.45, 7) is 1.24. The van der Waals surface area contributed by atoms with Gasteiger partial charge in [-0.05, 0) is 60.5 Å². The molecule has 0 bridgehead atoms. The van der Waals surface area contributed by atoms with Crippen LogP contribution < -0.4 is 14.8 Å². The number of aliphatic hydroxyl groups excluding tert-OH is 1. The molecule has 1 aliphatic rings. The molecule has 0 radical (unpaired) electrons. The highest BCUT2D eigenvalue weighted by Gasteiger charge is 2.15. The quantitative estimate of drug-likeness (QED) is 0.690. The topological polar surface area (TPSA) is 50.7 Å². The molecule has 26 heavy (non-hydrogen) atoms. The average molecular weight is 376 g/mol. The third-order valence-corrected chi connectivity index (χ3v) is 5.40. The van der Waals surface area contributed by atoms with Crippen LogP contribution in [0.25, 0.3) is 0 Å². The van der Waals surface area contributed by atoms with Gasteiger partial charge in [0.15, 0.2) is 11.5 Å². The predicted octanol–water partition coefficient (Wildman–Crippen LogP) is 3.71. The molecule has 0 spiro atoms. The summed E-state index contributed by atoms with van der Waals surface area (Å²) in [5, 5.41) is 14.3. The Morgan fingerprint density at radius 1 is 1.12 bits per heavy atom. The third-order valence-electron chi connectivity index (χ3n) is 4.98. The van der Waals surface area contributed by atoms with Gasteiger partial charge in [-0.1, -0.05) is 35.9 Å². The van der Waals surface area contributed by atoms with Gasteiger partial charge in [0.2, 0.25) is 0 Å². The van der Waals surface area contributed by atoms with Crippen LogP contribution in [0.2, 0.25) is 5.02 Å². The van der Waals surface area contributed by atoms with Crippen molar-refractivity contribution in [3.63, 3.8) is 0 Å². The molecule has 0 aliphatic heterocycles. The van der Waals surface area contributed by atoms with E-state index in [4.69, 9.17) is 21.1 Å². The maximum atomic E-state index is 10.4. The van der Waals surface area contributed by atoms with Gasteiger partial charge < -0.3 is 19.9 Å². The molecule has 0 heterocycles. The Labute approximate surface area is 160 Å². The lowest BCUT2D eigenvalue weighted by molar-refractivity contribution is 0.175. The first-order valence-electron chi connectivity index (χ1n) is 9.04. The standard InChI is InChI=1S/C21H26ClNO3/c1-25-19-9-8-15(20(22)21(19)26-2)10-11-23-13-18(24)17-7-6-14-4-3-5-16(14)12-17/h6-9,12,18,23-24H,3-5,10-11,13H2,1-2H3. The summed E-state index contributed by atoms with van der Waals surface area (Å²) in [4.78, 5) is 0. The number of halogens is 1. The molecule has 2 N–H and O–H groups in total. The molecule has 3 rings (SSSR count). The molecular weight excluding hydrogens is 350 g/mol. The van der Waals surface area contributed by atoms with Gasteiger partial charge in [0.1, 0.15) is 0 Å². The summed E-state index contributed by atoms with van der Waals surface area (Å²) in [5.41, 5.74) is 4.79. The number of aliphatic hydroxyl groups is 1. The number of hydrogen-bond acceptors (Lipinski definition) is 4. The van der Waals surface area contributed by atoms with Crippen molar-refractivity contribution in [3.8, 4) is 11.5 Å². The van der Waals surface area contributed by atoms with Gasteiger partial charge in [-0.15, -0.1) is 0 Å². The van der Waals surface area contributed by atoms with Crippen molar-refractivity contribution in [1.82, 2.24) is 5.32 Å². The molecule has 4 nitrogen and oxygen atoms in total. The van der Waals surface area contributed by atoms with Gasteiger partial charge in [0.25, 0.3) is 0 Å². The van der Waals surface area contributed by atoms with E-state index in [1.165, 1.54) is 17.5 Å². The van der Waals surface area contributed by atoms with E-state index in [0.29, 0.717) is 23.1 Å². The largest absolute Gasteiger partial charge is 0.493 e. The number of ether oxygens (including phenoxy) is 2. The number of benzene rings is 2. The molecule has 1 unspecified atom stereocenters. The van der Waals surface area contributed by atoms with Crippen molar-refractivity contribution in [2.45, 2.75) is 31.8 Å². The summed E-state index contributed by atoms with van der Waals surface area (Å²) in [5.74, 6) is 1.19. The third kappa shape index (κ3) is 4.14. The summed E-state index contributed by atoms with van der Waals surface area (Å²) in [6.07, 6.45) is 3.76. The van der Waals surface area contributed by atoms with Crippen LogP contribution >= 0.6 is 11.6 Å². The van der Waals surface area contributed by atoms with E-state index in [2.05, 4.69) is 17.4 Å². The Hall–Kier alpha value is -1.75. The molecule has 140 valence electrons. The second-order valence-corrected chi connectivity index (χ2v) is 7.00. The van der Waals surface area contributed by atoms with E-state index in [1.54, 1.807) is 14.2 Å². The van der Waals surface area contributed by atoms with Crippen molar-refractivity contribution >= 4 is 11.6 Å². The number of rotatable bonds is 8. The fraction of sp³-hybridized carbons (Fsp3) is 0.429. The van der Waals surface area contributed by atoms with Crippen LogP contribution in [-0.4, -0.2) is 32.4 Å². The Morgan fingerprint density at radius 3 is 2.69 bits per heavy atom. The Balaban J connectivity index is 1.52. The molecule has 2 aromatic rings. The lowest BCUT2D eigenvalue weighted by Crippen LogP contribution is -2.24. The minimum Gasteiger partial charge on any atom is -0.493 e. The number of nitrogens with one attached hydrogen (secondary N) is 1. The van der Waals surface area contributed by atoms with E-state index >= 15 is 0 Å². The Morgan fingerprint density at radius 2 is 1.92 bits per heavy atom. The van der Waals surface area contributed by atoms with Crippen LogP contribution in [0.4, 0.5) is 0 Å². The number of hydrogen-bond donors (Lipinski definition) is 2. The smallest absolute Gasteiger partial charge is 0.179 e. The molecule has 0 amide bonds. The maximum Gasteiger partial charge on any atom is 0.179 e. The van der Waals surface area contributed by atoms with Crippen molar-refractivity contribution < 1.29 is 14.6 Å². The zero-order chi connectivity index (χ0) is 18.5. The van der Waals surface area contributed by atoms with E-state index in [0.717, 1.165) is 36.9 Å². The van der Waals surface area contributed by atoms with Gasteiger partial charge >= 0.3 is 0 Å². The van der Waals surface area contributed by atoms with E-state index in [1.807, 2.05) is 18.2 Å². The van der Waals surface area contributed by atoms with Crippen LogP contribution in [0.1, 0.15) is 34.8 Å². The van der Waals surface area contributed by atoms with Gasteiger partial charge in [-0.25, -0.2) is 0 Å². The van der Waals surface area contributed by atoms with Gasteiger partial charge in [0, 0.05) is 6.54 Å². The fourth-order valence-corrected chi connectivity index (χ4v) is 3.83. The zero-order valence-electron chi connectivity index (χ0n) is 15.3. The normalized spacial score (nSPS) is 14.2. The molecule has 5 heteroatoms. The molecular formula is C21H26ClNO3. The number of aryl methyl sites for hydroxylation is 2. The lowest BCUT2D eigenvalue weighted by Gasteiger charge is -2.15. The molecule has 2 aromatic carbocycles. The minimum atomic E-state index is -0.498. The lowest BCUT2D eigenvalue weighted by atomic mass is 10.0. The van der Waals surface area contributed by atoms with Crippen LogP contribution in [-0.2, 0) is 19.3 Å². The SMILES string of the molecule is COc1ccc(CCNCC(O)c2ccc3c(c2)CCC3)c(Cl)c1OC. The Bertz CT molecular complexity index is 763. The van der Waals surface area contributed by atoms with Gasteiger partial charge in [-0.3, -0.25) is 0 Å². The summed E-state index contributed by atoms with van der Waals surface area (Å²) < 4.78 is 10.6. The average Bonchev–Trinajstić information content (AvgIpc) is 3.13. The monoisotopic (exact) mass is 375 g/mol. The number of methoxy groups -OCH3 is 2. The highest BCUT2D eigenvalue weighted by molar-refractivity contribution is 6.33. The first-order valence-corrected chi connectivity index (χ1v) is 9.41. The van der Waals surface area contributed by atoms with Gasteiger partial charge in [-0.2, -0.15) is 0 Å². The summed E-state index contributed by atoms with van der Waals surface area (Å²) >= 11 is 6.40. The first kappa shape index (κ1) is 19.0. The van der Waals surface area contributed by atoms with Crippen molar-refractivity contribution in [3.05, 3.63) is 57.6 Å². The summed E-state index contributed by atoms with van der Waals surface area (Å²) in [6, 6.07) is 10.2. The van der Waals surface area contributed by atoms with Crippen molar-refractivity contribution in [2.75, 3.05) is 27.3 Å². The Kier molecular flexibility index (Phi) is 6.41. The zero-order valence-corrected chi connectivity index (χ0v) is 16.1. The minimum absolute atomic E-state index is 0.498. The van der Waals surface area contributed by atoms with Crippen molar-refractivity contribution in [1.29, 1.82) is 0 Å². The van der Waals surface area contributed by atoms with Crippen molar-refractivity contribution in [2.24, 2.45) is 0 Å². The molecule has 1 atom stereocenters. The van der Waals surface area contributed by atoms with E-state index in [9.17, 15) is 5.11 Å². The fourth-order valence-electron chi connectivity index (χ4n) is 3.50. The second kappa shape index (κ2) is 8.76. The van der Waals surface area contributed by atoms with Crippen LogP contribution in [0.3, 0.4) is 0 Å². The highest BCUT2D eigenvalue weighted by atomic mass is 35.5. The molecule has 0 saturated carbocycles. The molecule has 1 aliphatic carbocycles. The maximum absolute atomic E-state index is 10.4. The summed E-state index contributed by atoms with van der Waals surface area (Å²) in [7, 11) is 3.18. The second-order valence-electron chi connectivity index (χ2n) is 6.63. The molecule has 0 fully saturated rings. The first-order chi connectivity index (χ1) is 12.6. The van der Waals surface area contributed by atoms with E-state index < -0.39 is 6.10 Å². The van der Waals surface area contributed by atoms with E-state index in [-0.39, 0.29) is 0 Å². The van der Waals surface area contributed by atoms with Gasteiger partial charge in [0.05, 0.1) is 25.3 Å². The highest BCUT2D eigenvalue weighted by Crippen LogP contribution is 2.37. The molecule has 0 aromatic heterocycles. The van der Waals surface area contributed by atoms with Crippen LogP contribution in [0.5, 0.6) is 11.5 Å². The van der Waals surface area contributed by atoms with Crippen LogP contribution in [0, 0.1) is 0 Å². The predicted molar refractivity (Wildman–Crippen MR) is 105 cm³/mol.